The Balaban J connectivity index is 0.795. The minimum Gasteiger partial charge on any atom is -0.394 e. The second-order valence-electron chi connectivity index (χ2n) is 23.8. The second-order valence-corrected chi connectivity index (χ2v) is 23.8. The molecule has 10 aliphatic rings. The van der Waals surface area contributed by atoms with Gasteiger partial charge in [-0.25, -0.2) is 0 Å². The predicted octanol–water partition coefficient (Wildman–Crippen LogP) is -2.58. The van der Waals surface area contributed by atoms with Gasteiger partial charge in [-0.3, -0.25) is 9.59 Å². The smallest absolute Gasteiger partial charge is 0.187 e. The number of allylic oxidation sites excluding steroid dienone is 1. The van der Waals surface area contributed by atoms with Crippen molar-refractivity contribution < 1.29 is 113 Å². The highest BCUT2D eigenvalue weighted by Gasteiger charge is 2.75. The summed E-state index contributed by atoms with van der Waals surface area (Å²) in [5.74, 6) is -2.20. The first-order valence-electron chi connectivity index (χ1n) is 26.6. The molecule has 23 nitrogen and oxygen atoms in total. The number of ether oxygens (including phenoxy) is 10. The lowest BCUT2D eigenvalue weighted by molar-refractivity contribution is -0.391. The van der Waals surface area contributed by atoms with Crippen LogP contribution in [-0.2, 0) is 57.0 Å². The van der Waals surface area contributed by atoms with E-state index >= 15 is 0 Å². The highest BCUT2D eigenvalue weighted by atomic mass is 16.8. The van der Waals surface area contributed by atoms with Crippen molar-refractivity contribution in [1.29, 1.82) is 0 Å². The summed E-state index contributed by atoms with van der Waals surface area (Å²) in [5.41, 5.74) is -0.407. The van der Waals surface area contributed by atoms with Crippen LogP contribution in [0.4, 0.5) is 0 Å². The van der Waals surface area contributed by atoms with Crippen LogP contribution in [0.3, 0.4) is 0 Å². The summed E-state index contributed by atoms with van der Waals surface area (Å²) in [4.78, 5) is 28.1. The molecule has 10 rings (SSSR count). The molecule has 32 atom stereocenters. The molecule has 0 unspecified atom stereocenters. The van der Waals surface area contributed by atoms with E-state index in [0.29, 0.717) is 37.4 Å². The van der Waals surface area contributed by atoms with E-state index in [2.05, 4.69) is 13.8 Å². The molecule has 4 aliphatic carbocycles. The van der Waals surface area contributed by atoms with E-state index in [-0.39, 0.29) is 36.1 Å². The maximum Gasteiger partial charge on any atom is 0.187 e. The third-order valence-electron chi connectivity index (χ3n) is 19.6. The first-order valence-corrected chi connectivity index (χ1v) is 26.6. The Morgan fingerprint density at radius 3 is 1.84 bits per heavy atom. The Hall–Kier alpha value is -1.76. The largest absolute Gasteiger partial charge is 0.394 e. The number of hydrogen-bond donors (Lipinski definition) is 11. The molecular formula is C51H78O23. The fraction of sp³-hybridized carbons (Fsp3) is 0.922. The summed E-state index contributed by atoms with van der Waals surface area (Å²) >= 11 is 0. The number of aliphatic hydroxyl groups excluding tert-OH is 11. The van der Waals surface area contributed by atoms with E-state index in [9.17, 15) is 65.8 Å². The van der Waals surface area contributed by atoms with Crippen molar-refractivity contribution in [2.45, 2.75) is 234 Å². The molecule has 0 aromatic rings. The Morgan fingerprint density at radius 2 is 1.20 bits per heavy atom. The zero-order valence-corrected chi connectivity index (χ0v) is 42.8. The van der Waals surface area contributed by atoms with Crippen molar-refractivity contribution in [2.24, 2.45) is 46.3 Å². The van der Waals surface area contributed by atoms with Crippen molar-refractivity contribution >= 4 is 12.1 Å². The molecule has 11 N–H and O–H groups in total. The van der Waals surface area contributed by atoms with Crippen LogP contribution in [0, 0.1) is 46.3 Å². The molecule has 0 bridgehead atoms. The standard InChI is InChI=1S/C51H78O23/c1-17-8-11-51(65-16-17)18(2)29-26(74-51)13-25-28-23(14-52)24-12-22(9-10-49(24,6)30(28)33(56)44(64)50(25,29)7)69-47-40(63)37(60)42(27(15-53)70-47)72-46-39(62)36(59)41(21(5)68-46)71-48-43(35(58)32(55)20(4)67-48)73-45-38(61)34(57)31(54)19(3)66-45/h14,17-22,25-43,45-48,53-63H,8-13,15-16H2,1-7H3/t17-,18+,19+,20+,21+,22+,25+,26+,27-,28+,29+,30-,31+,32+,33+,34-,35-,36+,37-,38-,39-,40-,41+,42-,43-,45+,46+,47-,48+,49+,50+,51-/m1/s1. The summed E-state index contributed by atoms with van der Waals surface area (Å²) < 4.78 is 60.7. The summed E-state index contributed by atoms with van der Waals surface area (Å²) in [6.45, 7) is 12.3. The molecular weight excluding hydrogens is 981 g/mol. The van der Waals surface area contributed by atoms with Gasteiger partial charge in [0.2, 0.25) is 0 Å². The molecule has 9 fully saturated rings. The minimum atomic E-state index is -1.92. The zero-order valence-electron chi connectivity index (χ0n) is 42.8. The second kappa shape index (κ2) is 20.4. The fourth-order valence-electron chi connectivity index (χ4n) is 15.3. The number of Topliss-reactive ketones (excluding diaryl/α,β-unsaturated/α-hetero) is 1. The third kappa shape index (κ3) is 8.66. The van der Waals surface area contributed by atoms with Crippen LogP contribution in [-0.4, -0.2) is 228 Å². The monoisotopic (exact) mass is 1060 g/mol. The van der Waals surface area contributed by atoms with Gasteiger partial charge in [-0.15, -0.1) is 0 Å². The average Bonchev–Trinajstić information content (AvgIpc) is 3.94. The SMILES string of the molecule is C[C@@H]1CC[C@@]2(OC1)O[C@H]1C[C@H]3[C@@H]4C(C=O)=C5C[C@@H](O[C@@H]6O[C@H](CO)[C@@H](O[C@@H]7O[C@@H](C)[C@H](O[C@@H]8O[C@@H](C)[C@H](O)[C@@H](O)[C@H]8O[C@@H]8O[C@@H](C)[C@H](O)[C@@H](O)[C@H]8O)[C@@H](O)[C@H]7O)[C@H](O)[C@H]6O)CC[C@]5(C)[C@H]4[C@H](O)C(=O)[C@]3(C)[C@H]1[C@@H]2C. The van der Waals surface area contributed by atoms with Gasteiger partial charge in [0.15, 0.2) is 36.7 Å². The molecule has 6 saturated heterocycles. The van der Waals surface area contributed by atoms with Crippen molar-refractivity contribution in [1.82, 2.24) is 0 Å². The number of hydrogen-bond acceptors (Lipinski definition) is 23. The number of aliphatic hydroxyl groups is 11. The maximum atomic E-state index is 14.7. The normalized spacial score (nSPS) is 57.5. The quantitative estimate of drug-likeness (QED) is 0.100. The van der Waals surface area contributed by atoms with Gasteiger partial charge in [0.25, 0.3) is 0 Å². The van der Waals surface area contributed by atoms with Crippen LogP contribution in [0.25, 0.3) is 0 Å². The van der Waals surface area contributed by atoms with Crippen LogP contribution >= 0.6 is 0 Å². The molecule has 0 aromatic carbocycles. The molecule has 0 aromatic heterocycles. The Kier molecular flexibility index (Phi) is 15.3. The van der Waals surface area contributed by atoms with Crippen LogP contribution < -0.4 is 0 Å². The van der Waals surface area contributed by atoms with Gasteiger partial charge in [0, 0.05) is 29.6 Å². The van der Waals surface area contributed by atoms with E-state index in [4.69, 9.17) is 47.4 Å². The van der Waals surface area contributed by atoms with E-state index < -0.39 is 170 Å². The Labute approximate surface area is 428 Å². The van der Waals surface area contributed by atoms with Crippen LogP contribution in [0.15, 0.2) is 11.1 Å². The number of aldehydes is 1. The Morgan fingerprint density at radius 1 is 0.635 bits per heavy atom. The lowest BCUT2D eigenvalue weighted by Crippen LogP contribution is -2.66. The first-order chi connectivity index (χ1) is 34.9. The predicted molar refractivity (Wildman–Crippen MR) is 246 cm³/mol. The number of ketones is 1. The molecule has 23 heteroatoms. The summed E-state index contributed by atoms with van der Waals surface area (Å²) in [6, 6.07) is 0. The molecule has 0 amide bonds. The molecule has 1 spiro atoms. The summed E-state index contributed by atoms with van der Waals surface area (Å²) in [6.07, 6.45) is -29.5. The van der Waals surface area contributed by atoms with Crippen LogP contribution in [0.2, 0.25) is 0 Å². The third-order valence-corrected chi connectivity index (χ3v) is 19.6. The van der Waals surface area contributed by atoms with Crippen LogP contribution in [0.5, 0.6) is 0 Å². The number of carbonyl (C=O) groups is 2. The molecule has 6 heterocycles. The van der Waals surface area contributed by atoms with E-state index in [1.807, 2.05) is 13.8 Å². The zero-order chi connectivity index (χ0) is 53.4. The first kappa shape index (κ1) is 55.6. The number of rotatable bonds is 10. The molecule has 420 valence electrons. The van der Waals surface area contributed by atoms with Gasteiger partial charge in [0.05, 0.1) is 43.7 Å². The highest BCUT2D eigenvalue weighted by molar-refractivity contribution is 5.93. The number of carbonyl (C=O) groups excluding carboxylic acids is 2. The summed E-state index contributed by atoms with van der Waals surface area (Å²) in [7, 11) is 0. The van der Waals surface area contributed by atoms with Gasteiger partial charge in [-0.05, 0) is 81.6 Å². The topological polar surface area (TPSA) is 349 Å². The lowest BCUT2D eigenvalue weighted by atomic mass is 9.51. The van der Waals surface area contributed by atoms with Gasteiger partial charge >= 0.3 is 0 Å². The maximum absolute atomic E-state index is 14.7. The minimum absolute atomic E-state index is 0.116. The molecule has 0 radical (unpaired) electrons. The van der Waals surface area contributed by atoms with Gasteiger partial charge in [-0.1, -0.05) is 33.3 Å². The number of fused-ring (bicyclic) bond motifs is 7. The van der Waals surface area contributed by atoms with Crippen molar-refractivity contribution in [2.75, 3.05) is 13.2 Å². The van der Waals surface area contributed by atoms with Crippen molar-refractivity contribution in [3.05, 3.63) is 11.1 Å². The molecule has 6 aliphatic heterocycles. The van der Waals surface area contributed by atoms with Gasteiger partial charge in [-0.2, -0.15) is 0 Å². The lowest BCUT2D eigenvalue weighted by Gasteiger charge is -2.53. The average molecular weight is 1060 g/mol. The van der Waals surface area contributed by atoms with Crippen molar-refractivity contribution in [3.63, 3.8) is 0 Å². The van der Waals surface area contributed by atoms with Gasteiger partial charge in [0.1, 0.15) is 91.7 Å². The Bertz CT molecular complexity index is 2090. The fourth-order valence-corrected chi connectivity index (χ4v) is 15.3. The van der Waals surface area contributed by atoms with Gasteiger partial charge < -0.3 is 104 Å². The van der Waals surface area contributed by atoms with Crippen LogP contribution in [0.1, 0.15) is 87.0 Å². The van der Waals surface area contributed by atoms with E-state index in [1.165, 1.54) is 20.8 Å². The van der Waals surface area contributed by atoms with E-state index in [1.54, 1.807) is 0 Å². The molecule has 3 saturated carbocycles. The van der Waals surface area contributed by atoms with Crippen molar-refractivity contribution in [3.8, 4) is 0 Å². The molecule has 74 heavy (non-hydrogen) atoms. The van der Waals surface area contributed by atoms with E-state index in [0.717, 1.165) is 24.7 Å². The summed E-state index contributed by atoms with van der Waals surface area (Å²) in [5, 5.41) is 122. The highest BCUT2D eigenvalue weighted by Crippen LogP contribution is 2.72.